The summed E-state index contributed by atoms with van der Waals surface area (Å²) in [5.74, 6) is -0.666. The molecule has 4 rings (SSSR count). The van der Waals surface area contributed by atoms with E-state index in [1.807, 2.05) is 0 Å². The molecule has 0 saturated carbocycles. The molecule has 1 fully saturated rings. The standard InChI is InChI=1S/C22H24N6O7S/c1-26-20(22(30)23-13-17-3-2-12-35-17)19(14-24-26)25-21(29)15-8-10-27(11-9-15)36(33,34)18-6-4-16(5-7-18)28(31)32/h2-7,12,14-15H,8-11,13H2,1H3,(H,23,30)(H,25,29). The Bertz CT molecular complexity index is 1360. The number of amides is 2. The number of sulfonamides is 1. The third kappa shape index (κ3) is 5.28. The van der Waals surface area contributed by atoms with Gasteiger partial charge in [0, 0.05) is 38.2 Å². The SMILES string of the molecule is Cn1ncc(NC(=O)C2CCN(S(=O)(=O)c3ccc([N+](=O)[O-])cc3)CC2)c1C(=O)NCc1ccco1. The Hall–Kier alpha value is -4.04. The van der Waals surface area contributed by atoms with E-state index in [9.17, 15) is 28.1 Å². The first kappa shape index (κ1) is 25.1. The molecule has 0 atom stereocenters. The highest BCUT2D eigenvalue weighted by Crippen LogP contribution is 2.26. The summed E-state index contributed by atoms with van der Waals surface area (Å²) in [7, 11) is -2.26. The number of nitrogens with one attached hydrogen (secondary N) is 2. The minimum atomic E-state index is -3.85. The van der Waals surface area contributed by atoms with Crippen LogP contribution in [0.4, 0.5) is 11.4 Å². The molecule has 14 heteroatoms. The number of hydrogen-bond acceptors (Lipinski definition) is 8. The smallest absolute Gasteiger partial charge is 0.272 e. The van der Waals surface area contributed by atoms with Crippen LogP contribution in [0, 0.1) is 16.0 Å². The van der Waals surface area contributed by atoms with Crippen molar-refractivity contribution in [3.05, 3.63) is 70.4 Å². The monoisotopic (exact) mass is 516 g/mol. The van der Waals surface area contributed by atoms with Crippen molar-refractivity contribution in [2.24, 2.45) is 13.0 Å². The van der Waals surface area contributed by atoms with Crippen LogP contribution in [0.5, 0.6) is 0 Å². The fraction of sp³-hybridized carbons (Fsp3) is 0.318. The first-order chi connectivity index (χ1) is 17.2. The van der Waals surface area contributed by atoms with Gasteiger partial charge in [-0.15, -0.1) is 0 Å². The largest absolute Gasteiger partial charge is 0.467 e. The zero-order valence-corrected chi connectivity index (χ0v) is 20.1. The Kier molecular flexibility index (Phi) is 7.17. The van der Waals surface area contributed by atoms with Crippen molar-refractivity contribution in [3.8, 4) is 0 Å². The Morgan fingerprint density at radius 1 is 1.19 bits per heavy atom. The molecule has 2 amide bonds. The van der Waals surface area contributed by atoms with E-state index in [2.05, 4.69) is 15.7 Å². The van der Waals surface area contributed by atoms with Gasteiger partial charge < -0.3 is 15.1 Å². The number of anilines is 1. The summed E-state index contributed by atoms with van der Waals surface area (Å²) in [4.78, 5) is 35.7. The Balaban J connectivity index is 1.36. The number of benzene rings is 1. The highest BCUT2D eigenvalue weighted by molar-refractivity contribution is 7.89. The minimum Gasteiger partial charge on any atom is -0.467 e. The number of piperidine rings is 1. The molecule has 3 heterocycles. The number of furan rings is 1. The second kappa shape index (κ2) is 10.3. The quantitative estimate of drug-likeness (QED) is 0.338. The van der Waals surface area contributed by atoms with Crippen molar-refractivity contribution in [2.45, 2.75) is 24.3 Å². The van der Waals surface area contributed by atoms with Crippen molar-refractivity contribution in [1.29, 1.82) is 0 Å². The number of nitro benzene ring substituents is 1. The maximum Gasteiger partial charge on any atom is 0.272 e. The summed E-state index contributed by atoms with van der Waals surface area (Å²) in [6, 6.07) is 8.12. The predicted octanol–water partition coefficient (Wildman–Crippen LogP) is 1.89. The molecule has 13 nitrogen and oxygen atoms in total. The van der Waals surface area contributed by atoms with Crippen molar-refractivity contribution < 1.29 is 27.3 Å². The van der Waals surface area contributed by atoms with Gasteiger partial charge in [-0.05, 0) is 37.1 Å². The third-order valence-electron chi connectivity index (χ3n) is 5.93. The van der Waals surface area contributed by atoms with Crippen LogP contribution >= 0.6 is 0 Å². The molecule has 0 spiro atoms. The lowest BCUT2D eigenvalue weighted by Gasteiger charge is -2.30. The molecular formula is C22H24N6O7S. The molecule has 2 aromatic heterocycles. The fourth-order valence-corrected chi connectivity index (χ4v) is 5.41. The molecular weight excluding hydrogens is 492 g/mol. The van der Waals surface area contributed by atoms with Gasteiger partial charge in [-0.2, -0.15) is 9.40 Å². The number of hydrogen-bond donors (Lipinski definition) is 2. The van der Waals surface area contributed by atoms with E-state index < -0.39 is 26.8 Å². The summed E-state index contributed by atoms with van der Waals surface area (Å²) >= 11 is 0. The van der Waals surface area contributed by atoms with E-state index in [1.54, 1.807) is 19.2 Å². The lowest BCUT2D eigenvalue weighted by molar-refractivity contribution is -0.384. The van der Waals surface area contributed by atoms with Gasteiger partial charge in [-0.1, -0.05) is 0 Å². The summed E-state index contributed by atoms with van der Waals surface area (Å²) in [5.41, 5.74) is 0.224. The maximum atomic E-state index is 12.9. The highest BCUT2D eigenvalue weighted by atomic mass is 32.2. The second-order valence-electron chi connectivity index (χ2n) is 8.21. The lowest BCUT2D eigenvalue weighted by Crippen LogP contribution is -2.41. The van der Waals surface area contributed by atoms with E-state index in [-0.39, 0.29) is 60.3 Å². The van der Waals surface area contributed by atoms with Gasteiger partial charge in [0.1, 0.15) is 11.5 Å². The number of carbonyl (C=O) groups is 2. The van der Waals surface area contributed by atoms with Gasteiger partial charge in [0.25, 0.3) is 11.6 Å². The van der Waals surface area contributed by atoms with E-state index in [4.69, 9.17) is 4.42 Å². The fourth-order valence-electron chi connectivity index (χ4n) is 3.94. The second-order valence-corrected chi connectivity index (χ2v) is 10.1. The summed E-state index contributed by atoms with van der Waals surface area (Å²) < 4.78 is 33.6. The molecule has 0 radical (unpaired) electrons. The number of nitrogens with zero attached hydrogens (tertiary/aromatic N) is 4. The van der Waals surface area contributed by atoms with Crippen LogP contribution in [0.15, 0.2) is 58.2 Å². The van der Waals surface area contributed by atoms with Crippen LogP contribution in [0.1, 0.15) is 29.1 Å². The summed E-state index contributed by atoms with van der Waals surface area (Å²) in [5, 5.41) is 20.3. The molecule has 2 N–H and O–H groups in total. The molecule has 1 aliphatic rings. The van der Waals surface area contributed by atoms with E-state index in [1.165, 1.54) is 33.6 Å². The number of nitro groups is 1. The molecule has 1 aromatic carbocycles. The van der Waals surface area contributed by atoms with E-state index in [0.29, 0.717) is 5.76 Å². The predicted molar refractivity (Wildman–Crippen MR) is 126 cm³/mol. The molecule has 0 aliphatic carbocycles. The first-order valence-corrected chi connectivity index (χ1v) is 12.5. The van der Waals surface area contributed by atoms with Crippen molar-refractivity contribution >= 4 is 33.2 Å². The number of carbonyl (C=O) groups excluding carboxylic acids is 2. The average Bonchev–Trinajstić information content (AvgIpc) is 3.52. The Morgan fingerprint density at radius 2 is 1.89 bits per heavy atom. The topological polar surface area (TPSA) is 170 Å². The molecule has 0 bridgehead atoms. The van der Waals surface area contributed by atoms with Crippen molar-refractivity contribution in [1.82, 2.24) is 19.4 Å². The number of rotatable bonds is 8. The molecule has 1 aliphatic heterocycles. The summed E-state index contributed by atoms with van der Waals surface area (Å²) in [6.45, 7) is 0.397. The van der Waals surface area contributed by atoms with Gasteiger partial charge in [-0.25, -0.2) is 8.42 Å². The Labute approximate surface area is 206 Å². The van der Waals surface area contributed by atoms with Gasteiger partial charge in [0.2, 0.25) is 15.9 Å². The van der Waals surface area contributed by atoms with Crippen molar-refractivity contribution in [2.75, 3.05) is 18.4 Å². The molecule has 0 unspecified atom stereocenters. The normalized spacial score (nSPS) is 14.9. The first-order valence-electron chi connectivity index (χ1n) is 11.0. The van der Waals surface area contributed by atoms with E-state index >= 15 is 0 Å². The Morgan fingerprint density at radius 3 is 2.50 bits per heavy atom. The minimum absolute atomic E-state index is 0.0448. The zero-order valence-electron chi connectivity index (χ0n) is 19.3. The molecule has 36 heavy (non-hydrogen) atoms. The van der Waals surface area contributed by atoms with Crippen molar-refractivity contribution in [3.63, 3.8) is 0 Å². The third-order valence-corrected chi connectivity index (χ3v) is 7.84. The zero-order chi connectivity index (χ0) is 25.9. The van der Waals surface area contributed by atoms with Crippen LogP contribution in [0.25, 0.3) is 0 Å². The lowest BCUT2D eigenvalue weighted by atomic mass is 9.97. The number of aromatic nitrogens is 2. The van der Waals surface area contributed by atoms with Gasteiger partial charge in [0.15, 0.2) is 0 Å². The van der Waals surface area contributed by atoms with Crippen LogP contribution in [-0.4, -0.2) is 52.3 Å². The molecule has 1 saturated heterocycles. The average molecular weight is 517 g/mol. The van der Waals surface area contributed by atoms with Crippen LogP contribution < -0.4 is 10.6 Å². The van der Waals surface area contributed by atoms with Gasteiger partial charge >= 0.3 is 0 Å². The van der Waals surface area contributed by atoms with Crippen LogP contribution in [0.3, 0.4) is 0 Å². The van der Waals surface area contributed by atoms with Crippen LogP contribution in [0.2, 0.25) is 0 Å². The van der Waals surface area contributed by atoms with E-state index in [0.717, 1.165) is 12.1 Å². The highest BCUT2D eigenvalue weighted by Gasteiger charge is 2.33. The van der Waals surface area contributed by atoms with Crippen LogP contribution in [-0.2, 0) is 28.4 Å². The molecule has 3 aromatic rings. The maximum absolute atomic E-state index is 12.9. The van der Waals surface area contributed by atoms with Gasteiger partial charge in [-0.3, -0.25) is 24.4 Å². The summed E-state index contributed by atoms with van der Waals surface area (Å²) in [6.07, 6.45) is 3.43. The molecule has 190 valence electrons. The van der Waals surface area contributed by atoms with Gasteiger partial charge in [0.05, 0.1) is 34.5 Å². The number of aryl methyl sites for hydroxylation is 1. The number of non-ortho nitro benzene ring substituents is 1.